The van der Waals surface area contributed by atoms with Gasteiger partial charge in [0.15, 0.2) is 0 Å². The van der Waals surface area contributed by atoms with Gasteiger partial charge in [0.25, 0.3) is 0 Å². The second-order valence-electron chi connectivity index (χ2n) is 4.77. The van der Waals surface area contributed by atoms with Crippen molar-refractivity contribution in [3.63, 3.8) is 0 Å². The molecule has 0 amide bonds. The molecule has 2 aromatic carbocycles. The van der Waals surface area contributed by atoms with Crippen molar-refractivity contribution < 1.29 is 9.53 Å². The van der Waals surface area contributed by atoms with Crippen molar-refractivity contribution in [3.8, 4) is 5.75 Å². The van der Waals surface area contributed by atoms with Gasteiger partial charge in [-0.05, 0) is 29.2 Å². The first-order chi connectivity index (χ1) is 9.70. The molecule has 0 heterocycles. The molecular formula is C17H17ClO2. The Morgan fingerprint density at radius 2 is 1.95 bits per heavy atom. The summed E-state index contributed by atoms with van der Waals surface area (Å²) in [6.45, 7) is 2.49. The molecule has 0 fully saturated rings. The summed E-state index contributed by atoms with van der Waals surface area (Å²) < 4.78 is 5.72. The van der Waals surface area contributed by atoms with Crippen LogP contribution in [-0.2, 0) is 11.4 Å². The van der Waals surface area contributed by atoms with Gasteiger partial charge < -0.3 is 9.53 Å². The largest absolute Gasteiger partial charge is 0.487 e. The molecule has 0 aliphatic heterocycles. The van der Waals surface area contributed by atoms with Crippen LogP contribution in [0.2, 0.25) is 5.02 Å². The molecule has 1 atom stereocenters. The van der Waals surface area contributed by atoms with Crippen LogP contribution in [0.3, 0.4) is 0 Å². The van der Waals surface area contributed by atoms with Crippen molar-refractivity contribution >= 4 is 17.9 Å². The predicted octanol–water partition coefficient (Wildman–Crippen LogP) is 4.61. The van der Waals surface area contributed by atoms with Crippen LogP contribution in [0.4, 0.5) is 0 Å². The molecule has 0 radical (unpaired) electrons. The van der Waals surface area contributed by atoms with Crippen molar-refractivity contribution in [2.75, 3.05) is 0 Å². The van der Waals surface area contributed by atoms with E-state index >= 15 is 0 Å². The SMILES string of the molecule is CC(CC=O)c1ccc(OCc2ccccc2)c(Cl)c1. The Morgan fingerprint density at radius 3 is 2.60 bits per heavy atom. The Labute approximate surface area is 124 Å². The minimum Gasteiger partial charge on any atom is -0.487 e. The maximum Gasteiger partial charge on any atom is 0.138 e. The van der Waals surface area contributed by atoms with Crippen LogP contribution in [0.25, 0.3) is 0 Å². The number of benzene rings is 2. The van der Waals surface area contributed by atoms with E-state index in [1.165, 1.54) is 0 Å². The van der Waals surface area contributed by atoms with Gasteiger partial charge >= 0.3 is 0 Å². The molecule has 0 saturated heterocycles. The summed E-state index contributed by atoms with van der Waals surface area (Å²) in [4.78, 5) is 10.5. The fraction of sp³-hybridized carbons (Fsp3) is 0.235. The van der Waals surface area contributed by atoms with Gasteiger partial charge in [0.2, 0.25) is 0 Å². The molecule has 0 aromatic heterocycles. The first-order valence-corrected chi connectivity index (χ1v) is 6.98. The second-order valence-corrected chi connectivity index (χ2v) is 5.17. The maximum atomic E-state index is 10.5. The molecule has 0 aliphatic rings. The van der Waals surface area contributed by atoms with Gasteiger partial charge in [0.1, 0.15) is 18.6 Å². The molecule has 2 aromatic rings. The molecule has 1 unspecified atom stereocenters. The van der Waals surface area contributed by atoms with Gasteiger partial charge in [-0.2, -0.15) is 0 Å². The van der Waals surface area contributed by atoms with Crippen LogP contribution < -0.4 is 4.74 Å². The number of hydrogen-bond acceptors (Lipinski definition) is 2. The van der Waals surface area contributed by atoms with Gasteiger partial charge in [-0.1, -0.05) is 54.9 Å². The summed E-state index contributed by atoms with van der Waals surface area (Å²) in [5, 5.41) is 0.580. The van der Waals surface area contributed by atoms with E-state index < -0.39 is 0 Å². The first-order valence-electron chi connectivity index (χ1n) is 6.60. The number of hydrogen-bond donors (Lipinski definition) is 0. The average Bonchev–Trinajstić information content (AvgIpc) is 2.47. The summed E-state index contributed by atoms with van der Waals surface area (Å²) in [5.41, 5.74) is 2.15. The minimum atomic E-state index is 0.174. The predicted molar refractivity (Wildman–Crippen MR) is 81.3 cm³/mol. The summed E-state index contributed by atoms with van der Waals surface area (Å²) in [5.74, 6) is 0.839. The van der Waals surface area contributed by atoms with E-state index in [-0.39, 0.29) is 5.92 Å². The van der Waals surface area contributed by atoms with E-state index in [0.29, 0.717) is 23.8 Å². The molecular weight excluding hydrogens is 272 g/mol. The number of halogens is 1. The smallest absolute Gasteiger partial charge is 0.138 e. The van der Waals surface area contributed by atoms with Crippen molar-refractivity contribution in [2.45, 2.75) is 25.9 Å². The normalized spacial score (nSPS) is 11.9. The number of rotatable bonds is 6. The zero-order valence-corrected chi connectivity index (χ0v) is 12.1. The van der Waals surface area contributed by atoms with E-state index in [0.717, 1.165) is 17.4 Å². The number of aldehydes is 1. The number of ether oxygens (including phenoxy) is 1. The Kier molecular flexibility index (Phi) is 5.19. The number of carbonyl (C=O) groups is 1. The summed E-state index contributed by atoms with van der Waals surface area (Å²) in [6, 6.07) is 15.6. The van der Waals surface area contributed by atoms with Crippen LogP contribution in [0.5, 0.6) is 5.75 Å². The van der Waals surface area contributed by atoms with Crippen LogP contribution in [0, 0.1) is 0 Å². The Bertz CT molecular complexity index is 566. The van der Waals surface area contributed by atoms with Gasteiger partial charge in [-0.25, -0.2) is 0 Å². The highest BCUT2D eigenvalue weighted by atomic mass is 35.5. The van der Waals surface area contributed by atoms with Crippen molar-refractivity contribution in [1.29, 1.82) is 0 Å². The third kappa shape index (κ3) is 3.84. The lowest BCUT2D eigenvalue weighted by atomic mass is 9.98. The lowest BCUT2D eigenvalue weighted by Crippen LogP contribution is -1.98. The summed E-state index contributed by atoms with van der Waals surface area (Å²) in [7, 11) is 0. The standard InChI is InChI=1S/C17H17ClO2/c1-13(9-10-19)15-7-8-17(16(18)11-15)20-12-14-5-3-2-4-6-14/h2-8,10-11,13H,9,12H2,1H3. The van der Waals surface area contributed by atoms with Crippen LogP contribution in [-0.4, -0.2) is 6.29 Å². The van der Waals surface area contributed by atoms with E-state index in [2.05, 4.69) is 0 Å². The molecule has 2 rings (SSSR count). The Balaban J connectivity index is 2.04. The Hall–Kier alpha value is -1.80. The molecule has 20 heavy (non-hydrogen) atoms. The van der Waals surface area contributed by atoms with Crippen molar-refractivity contribution in [2.24, 2.45) is 0 Å². The van der Waals surface area contributed by atoms with E-state index in [1.54, 1.807) is 0 Å². The lowest BCUT2D eigenvalue weighted by Gasteiger charge is -2.12. The van der Waals surface area contributed by atoms with Gasteiger partial charge in [-0.15, -0.1) is 0 Å². The fourth-order valence-electron chi connectivity index (χ4n) is 1.96. The van der Waals surface area contributed by atoms with Gasteiger partial charge in [-0.3, -0.25) is 0 Å². The fourth-order valence-corrected chi connectivity index (χ4v) is 2.20. The topological polar surface area (TPSA) is 26.3 Å². The van der Waals surface area contributed by atoms with Crippen molar-refractivity contribution in [1.82, 2.24) is 0 Å². The Morgan fingerprint density at radius 1 is 1.20 bits per heavy atom. The van der Waals surface area contributed by atoms with Crippen LogP contribution in [0.15, 0.2) is 48.5 Å². The average molecular weight is 289 g/mol. The molecule has 0 aliphatic carbocycles. The molecule has 2 nitrogen and oxygen atoms in total. The van der Waals surface area contributed by atoms with Gasteiger partial charge in [0, 0.05) is 6.42 Å². The molecule has 0 spiro atoms. The molecule has 0 saturated carbocycles. The first kappa shape index (κ1) is 14.6. The second kappa shape index (κ2) is 7.11. The lowest BCUT2D eigenvalue weighted by molar-refractivity contribution is -0.108. The van der Waals surface area contributed by atoms with Gasteiger partial charge in [0.05, 0.1) is 5.02 Å². The maximum absolute atomic E-state index is 10.5. The van der Waals surface area contributed by atoms with E-state index in [1.807, 2.05) is 55.5 Å². The molecule has 0 bridgehead atoms. The highest BCUT2D eigenvalue weighted by molar-refractivity contribution is 6.32. The van der Waals surface area contributed by atoms with Crippen molar-refractivity contribution in [3.05, 3.63) is 64.7 Å². The van der Waals surface area contributed by atoms with E-state index in [4.69, 9.17) is 16.3 Å². The van der Waals surface area contributed by atoms with Crippen LogP contribution in [0.1, 0.15) is 30.4 Å². The minimum absolute atomic E-state index is 0.174. The monoisotopic (exact) mass is 288 g/mol. The van der Waals surface area contributed by atoms with E-state index in [9.17, 15) is 4.79 Å². The summed E-state index contributed by atoms with van der Waals surface area (Å²) >= 11 is 6.23. The summed E-state index contributed by atoms with van der Waals surface area (Å²) in [6.07, 6.45) is 1.43. The third-order valence-electron chi connectivity index (χ3n) is 3.21. The quantitative estimate of drug-likeness (QED) is 0.726. The highest BCUT2D eigenvalue weighted by Crippen LogP contribution is 2.30. The number of carbonyl (C=O) groups excluding carboxylic acids is 1. The third-order valence-corrected chi connectivity index (χ3v) is 3.51. The molecule has 3 heteroatoms. The highest BCUT2D eigenvalue weighted by Gasteiger charge is 2.09. The molecule has 0 N–H and O–H groups in total. The zero-order valence-electron chi connectivity index (χ0n) is 11.4. The zero-order chi connectivity index (χ0) is 14.4. The molecule has 104 valence electrons. The van der Waals surface area contributed by atoms with Crippen LogP contribution >= 0.6 is 11.6 Å².